The molecule has 0 spiro atoms. The predicted octanol–water partition coefficient (Wildman–Crippen LogP) is 2.86. The van der Waals surface area contributed by atoms with E-state index in [0.717, 1.165) is 22.7 Å². The zero-order valence-corrected chi connectivity index (χ0v) is 11.3. The highest BCUT2D eigenvalue weighted by Gasteiger charge is 2.06. The van der Waals surface area contributed by atoms with Crippen LogP contribution in [0.4, 0.5) is 0 Å². The van der Waals surface area contributed by atoms with Gasteiger partial charge >= 0.3 is 0 Å². The van der Waals surface area contributed by atoms with Gasteiger partial charge in [0.2, 0.25) is 0 Å². The van der Waals surface area contributed by atoms with Crippen LogP contribution in [0.2, 0.25) is 0 Å². The molecule has 0 saturated heterocycles. The number of benzene rings is 1. The fraction of sp³-hybridized carbons (Fsp3) is 0.200. The Kier molecular flexibility index (Phi) is 3.80. The molecule has 0 amide bonds. The summed E-state index contributed by atoms with van der Waals surface area (Å²) in [5, 5.41) is 4.15. The molecule has 1 aromatic heterocycles. The van der Waals surface area contributed by atoms with Crippen LogP contribution in [-0.2, 0) is 0 Å². The van der Waals surface area contributed by atoms with Gasteiger partial charge < -0.3 is 4.74 Å². The van der Waals surface area contributed by atoms with Gasteiger partial charge in [0.05, 0.1) is 12.8 Å². The van der Waals surface area contributed by atoms with Crippen LogP contribution >= 0.6 is 0 Å². The molecule has 0 unspecified atom stereocenters. The number of methoxy groups -OCH3 is 1. The molecule has 0 N–H and O–H groups in total. The molecule has 4 nitrogen and oxygen atoms in total. The number of aryl methyl sites for hydroxylation is 2. The Bertz CT molecular complexity index is 610. The molecule has 4 heteroatoms. The Morgan fingerprint density at radius 3 is 2.47 bits per heavy atom. The number of rotatable bonds is 3. The maximum absolute atomic E-state index is 12.0. The smallest absolute Gasteiger partial charge is 0.271 e. The summed E-state index contributed by atoms with van der Waals surface area (Å²) in [6.07, 6.45) is 3.28. The molecule has 1 heterocycles. The van der Waals surface area contributed by atoms with E-state index in [1.54, 1.807) is 13.2 Å². The predicted molar refractivity (Wildman–Crippen MR) is 74.4 cm³/mol. The van der Waals surface area contributed by atoms with E-state index in [4.69, 9.17) is 4.74 Å². The lowest BCUT2D eigenvalue weighted by Gasteiger charge is -2.00. The van der Waals surface area contributed by atoms with Crippen molar-refractivity contribution in [2.45, 2.75) is 13.8 Å². The van der Waals surface area contributed by atoms with E-state index in [-0.39, 0.29) is 5.91 Å². The number of hydrogen-bond donors (Lipinski definition) is 0. The minimum atomic E-state index is -0.151. The number of carbonyl (C=O) groups excluding carboxylic acids is 1. The van der Waals surface area contributed by atoms with Crippen LogP contribution in [0.15, 0.2) is 36.4 Å². The second-order valence-electron chi connectivity index (χ2n) is 4.28. The van der Waals surface area contributed by atoms with E-state index >= 15 is 0 Å². The molecule has 19 heavy (non-hydrogen) atoms. The number of nitrogens with zero attached hydrogens (tertiary/aromatic N) is 2. The van der Waals surface area contributed by atoms with Crippen LogP contribution < -0.4 is 4.74 Å². The average Bonchev–Trinajstić information content (AvgIpc) is 2.75. The monoisotopic (exact) mass is 256 g/mol. The van der Waals surface area contributed by atoms with Gasteiger partial charge in [-0.25, -0.2) is 4.68 Å². The lowest BCUT2D eigenvalue weighted by molar-refractivity contribution is 0.0952. The van der Waals surface area contributed by atoms with Crippen molar-refractivity contribution in [2.24, 2.45) is 0 Å². The molecule has 2 aromatic rings. The van der Waals surface area contributed by atoms with E-state index in [2.05, 4.69) is 5.10 Å². The van der Waals surface area contributed by atoms with Crippen LogP contribution in [0, 0.1) is 13.8 Å². The molecular formula is C15H16N2O2. The molecular weight excluding hydrogens is 240 g/mol. The van der Waals surface area contributed by atoms with Crippen LogP contribution in [0.1, 0.15) is 21.7 Å². The highest BCUT2D eigenvalue weighted by atomic mass is 16.5. The van der Waals surface area contributed by atoms with Crippen molar-refractivity contribution in [3.63, 3.8) is 0 Å². The van der Waals surface area contributed by atoms with Gasteiger partial charge in [0, 0.05) is 11.8 Å². The fourth-order valence-electron chi connectivity index (χ4n) is 1.81. The Labute approximate surface area is 112 Å². The zero-order valence-electron chi connectivity index (χ0n) is 11.3. The standard InChI is InChI=1S/C15H16N2O2/c1-11-10-12(2)17(16-11)15(18)9-6-13-4-7-14(19-3)8-5-13/h4-10H,1-3H3/b9-6+. The van der Waals surface area contributed by atoms with Crippen LogP contribution in [-0.4, -0.2) is 22.8 Å². The first kappa shape index (κ1) is 13.1. The largest absolute Gasteiger partial charge is 0.497 e. The zero-order chi connectivity index (χ0) is 13.8. The normalized spacial score (nSPS) is 10.9. The third-order valence-electron chi connectivity index (χ3n) is 2.75. The van der Waals surface area contributed by atoms with Gasteiger partial charge in [0.15, 0.2) is 0 Å². The topological polar surface area (TPSA) is 44.1 Å². The first-order valence-electron chi connectivity index (χ1n) is 6.00. The van der Waals surface area contributed by atoms with Gasteiger partial charge in [-0.3, -0.25) is 4.79 Å². The molecule has 0 aliphatic carbocycles. The summed E-state index contributed by atoms with van der Waals surface area (Å²) < 4.78 is 6.48. The summed E-state index contributed by atoms with van der Waals surface area (Å²) >= 11 is 0. The van der Waals surface area contributed by atoms with Crippen molar-refractivity contribution >= 4 is 12.0 Å². The Hall–Kier alpha value is -2.36. The quantitative estimate of drug-likeness (QED) is 0.793. The summed E-state index contributed by atoms with van der Waals surface area (Å²) in [5.41, 5.74) is 2.61. The molecule has 2 rings (SSSR count). The summed E-state index contributed by atoms with van der Waals surface area (Å²) in [5.74, 6) is 0.642. The first-order valence-corrected chi connectivity index (χ1v) is 6.00. The number of hydrogen-bond acceptors (Lipinski definition) is 3. The van der Waals surface area contributed by atoms with Crippen molar-refractivity contribution in [1.29, 1.82) is 0 Å². The van der Waals surface area contributed by atoms with Crippen molar-refractivity contribution < 1.29 is 9.53 Å². The minimum absolute atomic E-state index is 0.151. The summed E-state index contributed by atoms with van der Waals surface area (Å²) in [7, 11) is 1.62. The summed E-state index contributed by atoms with van der Waals surface area (Å²) in [6, 6.07) is 9.37. The molecule has 0 atom stereocenters. The van der Waals surface area contributed by atoms with Crippen LogP contribution in [0.5, 0.6) is 5.75 Å². The third kappa shape index (κ3) is 3.10. The highest BCUT2D eigenvalue weighted by molar-refractivity contribution is 5.93. The van der Waals surface area contributed by atoms with Crippen molar-refractivity contribution in [1.82, 2.24) is 9.78 Å². The number of carbonyl (C=O) groups is 1. The van der Waals surface area contributed by atoms with E-state index in [1.807, 2.05) is 44.2 Å². The lowest BCUT2D eigenvalue weighted by atomic mass is 10.2. The van der Waals surface area contributed by atoms with E-state index < -0.39 is 0 Å². The summed E-state index contributed by atoms with van der Waals surface area (Å²) in [4.78, 5) is 12.0. The second-order valence-corrected chi connectivity index (χ2v) is 4.28. The molecule has 98 valence electrons. The van der Waals surface area contributed by atoms with Crippen molar-refractivity contribution in [2.75, 3.05) is 7.11 Å². The highest BCUT2D eigenvalue weighted by Crippen LogP contribution is 2.12. The van der Waals surface area contributed by atoms with E-state index in [0.29, 0.717) is 0 Å². The van der Waals surface area contributed by atoms with Crippen molar-refractivity contribution in [3.8, 4) is 5.75 Å². The van der Waals surface area contributed by atoms with Gasteiger partial charge in [-0.1, -0.05) is 12.1 Å². The summed E-state index contributed by atoms with van der Waals surface area (Å²) in [6.45, 7) is 3.73. The molecule has 0 bridgehead atoms. The van der Waals surface area contributed by atoms with Crippen LogP contribution in [0.25, 0.3) is 6.08 Å². The van der Waals surface area contributed by atoms with Gasteiger partial charge in [-0.2, -0.15) is 5.10 Å². The molecule has 0 fully saturated rings. The molecule has 0 radical (unpaired) electrons. The van der Waals surface area contributed by atoms with E-state index in [9.17, 15) is 4.79 Å². The van der Waals surface area contributed by atoms with Gasteiger partial charge in [-0.05, 0) is 43.7 Å². The van der Waals surface area contributed by atoms with Gasteiger partial charge in [0.25, 0.3) is 5.91 Å². The number of ether oxygens (including phenoxy) is 1. The van der Waals surface area contributed by atoms with E-state index in [1.165, 1.54) is 10.8 Å². The fourth-order valence-corrected chi connectivity index (χ4v) is 1.81. The number of aromatic nitrogens is 2. The van der Waals surface area contributed by atoms with Crippen molar-refractivity contribution in [3.05, 3.63) is 53.4 Å². The first-order chi connectivity index (χ1) is 9.10. The molecule has 1 aromatic carbocycles. The third-order valence-corrected chi connectivity index (χ3v) is 2.75. The van der Waals surface area contributed by atoms with Gasteiger partial charge in [0.1, 0.15) is 5.75 Å². The Morgan fingerprint density at radius 2 is 1.95 bits per heavy atom. The SMILES string of the molecule is COc1ccc(/C=C/C(=O)n2nc(C)cc2C)cc1. The number of allylic oxidation sites excluding steroid dienone is 1. The Morgan fingerprint density at radius 1 is 1.26 bits per heavy atom. The molecule has 0 aliphatic heterocycles. The van der Waals surface area contributed by atoms with Crippen LogP contribution in [0.3, 0.4) is 0 Å². The maximum Gasteiger partial charge on any atom is 0.271 e. The minimum Gasteiger partial charge on any atom is -0.497 e. The Balaban J connectivity index is 2.13. The average molecular weight is 256 g/mol. The lowest BCUT2D eigenvalue weighted by Crippen LogP contribution is -2.10. The second kappa shape index (κ2) is 5.52. The van der Waals surface area contributed by atoms with Gasteiger partial charge in [-0.15, -0.1) is 0 Å². The molecule has 0 saturated carbocycles. The molecule has 0 aliphatic rings. The maximum atomic E-state index is 12.0.